The van der Waals surface area contributed by atoms with Crippen molar-refractivity contribution in [3.8, 4) is 6.07 Å². The molecule has 0 unspecified atom stereocenters. The van der Waals surface area contributed by atoms with E-state index in [1.165, 1.54) is 0 Å². The van der Waals surface area contributed by atoms with Crippen molar-refractivity contribution in [2.75, 3.05) is 11.9 Å². The molecule has 1 aromatic rings. The number of carboxylic acids is 1. The van der Waals surface area contributed by atoms with E-state index >= 15 is 0 Å². The Morgan fingerprint density at radius 2 is 1.81 bits per heavy atom. The van der Waals surface area contributed by atoms with Gasteiger partial charge in [0.05, 0.1) is 17.0 Å². The monoisotopic (exact) mass is 289 g/mol. The first-order chi connectivity index (χ1) is 9.97. The van der Waals surface area contributed by atoms with Gasteiger partial charge in [0.25, 0.3) is 0 Å². The Morgan fingerprint density at radius 1 is 1.24 bits per heavy atom. The standard InChI is InChI=1S/C15H19N3O3/c1-3-15(4-2,13(19)20)10-17-14(21)18-12-7-5-11(9-16)6-8-12/h5-8H,3-4,10H2,1-2H3,(H,19,20)(H2,17,18,21). The molecule has 0 aliphatic heterocycles. The van der Waals surface area contributed by atoms with Crippen LogP contribution in [0.4, 0.5) is 10.5 Å². The topological polar surface area (TPSA) is 102 Å². The normalized spacial score (nSPS) is 10.5. The molecule has 0 saturated carbocycles. The quantitative estimate of drug-likeness (QED) is 0.748. The third-order valence-corrected chi connectivity index (χ3v) is 3.67. The molecule has 2 amide bonds. The first kappa shape index (κ1) is 16.5. The molecule has 0 aliphatic carbocycles. The fourth-order valence-electron chi connectivity index (χ4n) is 1.93. The van der Waals surface area contributed by atoms with Gasteiger partial charge in [0.15, 0.2) is 0 Å². The fraction of sp³-hybridized carbons (Fsp3) is 0.400. The lowest BCUT2D eigenvalue weighted by Gasteiger charge is -2.26. The number of nitrogens with zero attached hydrogens (tertiary/aromatic N) is 1. The highest BCUT2D eigenvalue weighted by molar-refractivity contribution is 5.89. The van der Waals surface area contributed by atoms with E-state index in [-0.39, 0.29) is 6.54 Å². The maximum atomic E-state index is 11.8. The zero-order valence-corrected chi connectivity index (χ0v) is 12.1. The predicted octanol–water partition coefficient (Wildman–Crippen LogP) is 2.57. The van der Waals surface area contributed by atoms with Crippen molar-refractivity contribution >= 4 is 17.7 Å². The molecule has 1 rings (SSSR count). The van der Waals surface area contributed by atoms with Gasteiger partial charge in [-0.15, -0.1) is 0 Å². The second-order valence-electron chi connectivity index (χ2n) is 4.79. The number of benzene rings is 1. The van der Waals surface area contributed by atoms with Crippen LogP contribution in [0.25, 0.3) is 0 Å². The van der Waals surface area contributed by atoms with Crippen LogP contribution in [0.5, 0.6) is 0 Å². The molecule has 0 radical (unpaired) electrons. The van der Waals surface area contributed by atoms with E-state index in [9.17, 15) is 14.7 Å². The van der Waals surface area contributed by atoms with Crippen LogP contribution < -0.4 is 10.6 Å². The van der Waals surface area contributed by atoms with E-state index in [0.29, 0.717) is 24.1 Å². The summed E-state index contributed by atoms with van der Waals surface area (Å²) in [5.74, 6) is -0.911. The maximum absolute atomic E-state index is 11.8. The molecular formula is C15H19N3O3. The average Bonchev–Trinajstić information content (AvgIpc) is 2.49. The molecule has 0 saturated heterocycles. The van der Waals surface area contributed by atoms with Crippen molar-refractivity contribution in [2.45, 2.75) is 26.7 Å². The van der Waals surface area contributed by atoms with Crippen molar-refractivity contribution in [3.63, 3.8) is 0 Å². The van der Waals surface area contributed by atoms with Gasteiger partial charge in [-0.05, 0) is 37.1 Å². The van der Waals surface area contributed by atoms with Crippen molar-refractivity contribution in [1.29, 1.82) is 5.26 Å². The van der Waals surface area contributed by atoms with Crippen LogP contribution >= 0.6 is 0 Å². The van der Waals surface area contributed by atoms with Crippen molar-refractivity contribution in [2.24, 2.45) is 5.41 Å². The number of hydrogen-bond donors (Lipinski definition) is 3. The zero-order valence-electron chi connectivity index (χ0n) is 12.1. The zero-order chi connectivity index (χ0) is 15.9. The molecule has 3 N–H and O–H groups in total. The molecule has 0 spiro atoms. The fourth-order valence-corrected chi connectivity index (χ4v) is 1.93. The number of carbonyl (C=O) groups is 2. The number of rotatable bonds is 6. The van der Waals surface area contributed by atoms with Gasteiger partial charge in [0, 0.05) is 12.2 Å². The SMILES string of the molecule is CCC(CC)(CNC(=O)Nc1ccc(C#N)cc1)C(=O)O. The number of carbonyl (C=O) groups excluding carboxylic acids is 1. The number of hydrogen-bond acceptors (Lipinski definition) is 3. The molecule has 0 heterocycles. The molecule has 6 heteroatoms. The van der Waals surface area contributed by atoms with Gasteiger partial charge in [0.1, 0.15) is 0 Å². The number of amides is 2. The Bertz CT molecular complexity index is 542. The average molecular weight is 289 g/mol. The van der Waals surface area contributed by atoms with Crippen LogP contribution in [-0.2, 0) is 4.79 Å². The molecule has 0 atom stereocenters. The lowest BCUT2D eigenvalue weighted by atomic mass is 9.82. The van der Waals surface area contributed by atoms with Gasteiger partial charge < -0.3 is 15.7 Å². The summed E-state index contributed by atoms with van der Waals surface area (Å²) in [6.07, 6.45) is 0.881. The summed E-state index contributed by atoms with van der Waals surface area (Å²) in [4.78, 5) is 23.1. The molecule has 6 nitrogen and oxygen atoms in total. The minimum Gasteiger partial charge on any atom is -0.481 e. The Balaban J connectivity index is 2.61. The number of aliphatic carboxylic acids is 1. The van der Waals surface area contributed by atoms with Crippen LogP contribution in [0.2, 0.25) is 0 Å². The minimum atomic E-state index is -0.942. The number of carboxylic acid groups (broad SMARTS) is 1. The summed E-state index contributed by atoms with van der Waals surface area (Å²) < 4.78 is 0. The molecule has 0 aromatic heterocycles. The molecule has 0 fully saturated rings. The van der Waals surface area contributed by atoms with Crippen LogP contribution in [0.3, 0.4) is 0 Å². The molecule has 0 aliphatic rings. The smallest absolute Gasteiger partial charge is 0.319 e. The van der Waals surface area contributed by atoms with Crippen molar-refractivity contribution in [1.82, 2.24) is 5.32 Å². The lowest BCUT2D eigenvalue weighted by molar-refractivity contribution is -0.149. The van der Waals surface area contributed by atoms with Crippen LogP contribution in [0, 0.1) is 16.7 Å². The highest BCUT2D eigenvalue weighted by Gasteiger charge is 2.35. The van der Waals surface area contributed by atoms with Gasteiger partial charge in [-0.2, -0.15) is 5.26 Å². The Kier molecular flexibility index (Phi) is 5.73. The lowest BCUT2D eigenvalue weighted by Crippen LogP contribution is -2.43. The summed E-state index contributed by atoms with van der Waals surface area (Å²) >= 11 is 0. The molecule has 112 valence electrons. The summed E-state index contributed by atoms with van der Waals surface area (Å²) in [6, 6.07) is 7.93. The highest BCUT2D eigenvalue weighted by atomic mass is 16.4. The third-order valence-electron chi connectivity index (χ3n) is 3.67. The number of nitriles is 1. The summed E-state index contributed by atoms with van der Waals surface area (Å²) in [5, 5.41) is 23.2. The van der Waals surface area contributed by atoms with Gasteiger partial charge in [0.2, 0.25) is 0 Å². The van der Waals surface area contributed by atoms with E-state index < -0.39 is 17.4 Å². The van der Waals surface area contributed by atoms with E-state index in [0.717, 1.165) is 0 Å². The van der Waals surface area contributed by atoms with Gasteiger partial charge >= 0.3 is 12.0 Å². The Hall–Kier alpha value is -2.55. The number of anilines is 1. The highest BCUT2D eigenvalue weighted by Crippen LogP contribution is 2.25. The Labute approximate surface area is 123 Å². The van der Waals surface area contributed by atoms with Gasteiger partial charge in [-0.3, -0.25) is 4.79 Å². The second kappa shape index (κ2) is 7.29. The number of urea groups is 1. The van der Waals surface area contributed by atoms with E-state index in [1.807, 2.05) is 6.07 Å². The largest absolute Gasteiger partial charge is 0.481 e. The molecule has 1 aromatic carbocycles. The molecule has 0 bridgehead atoms. The molecular weight excluding hydrogens is 270 g/mol. The van der Waals surface area contributed by atoms with Crippen molar-refractivity contribution < 1.29 is 14.7 Å². The van der Waals surface area contributed by atoms with E-state index in [1.54, 1.807) is 38.1 Å². The first-order valence-corrected chi connectivity index (χ1v) is 6.76. The summed E-state index contributed by atoms with van der Waals surface area (Å²) in [5.41, 5.74) is 0.102. The predicted molar refractivity (Wildman–Crippen MR) is 78.8 cm³/mol. The molecule has 21 heavy (non-hydrogen) atoms. The summed E-state index contributed by atoms with van der Waals surface area (Å²) in [6.45, 7) is 3.65. The van der Waals surface area contributed by atoms with Gasteiger partial charge in [-0.1, -0.05) is 13.8 Å². The van der Waals surface area contributed by atoms with E-state index in [4.69, 9.17) is 5.26 Å². The Morgan fingerprint density at radius 3 is 2.24 bits per heavy atom. The van der Waals surface area contributed by atoms with Crippen molar-refractivity contribution in [3.05, 3.63) is 29.8 Å². The van der Waals surface area contributed by atoms with Gasteiger partial charge in [-0.25, -0.2) is 4.79 Å². The van der Waals surface area contributed by atoms with E-state index in [2.05, 4.69) is 10.6 Å². The maximum Gasteiger partial charge on any atom is 0.319 e. The third kappa shape index (κ3) is 4.21. The second-order valence-corrected chi connectivity index (χ2v) is 4.79. The van der Waals surface area contributed by atoms with Crippen LogP contribution in [-0.4, -0.2) is 23.7 Å². The number of nitrogens with one attached hydrogen (secondary N) is 2. The minimum absolute atomic E-state index is 0.0669. The summed E-state index contributed by atoms with van der Waals surface area (Å²) in [7, 11) is 0. The van der Waals surface area contributed by atoms with Crippen LogP contribution in [0.15, 0.2) is 24.3 Å². The first-order valence-electron chi connectivity index (χ1n) is 6.76. The van der Waals surface area contributed by atoms with Crippen LogP contribution in [0.1, 0.15) is 32.3 Å².